The van der Waals surface area contributed by atoms with Crippen LogP contribution in [0.15, 0.2) is 29.3 Å². The number of hydrogen-bond donors (Lipinski definition) is 3. The van der Waals surface area contributed by atoms with Gasteiger partial charge in [0.2, 0.25) is 0 Å². The zero-order chi connectivity index (χ0) is 12.4. The minimum Gasteiger partial charge on any atom is -0.399 e. The number of nitrogens with zero attached hydrogens (tertiary/aromatic N) is 1. The summed E-state index contributed by atoms with van der Waals surface area (Å²) >= 11 is 7.91. The second kappa shape index (κ2) is 4.92. The predicted molar refractivity (Wildman–Crippen MR) is 76.7 cm³/mol. The van der Waals surface area contributed by atoms with Gasteiger partial charge in [-0.1, -0.05) is 11.6 Å². The molecule has 0 unspecified atom stereocenters. The van der Waals surface area contributed by atoms with E-state index in [1.54, 1.807) is 18.2 Å². The fraction of sp³-hybridized carbons (Fsp3) is 0. The van der Waals surface area contributed by atoms with Gasteiger partial charge in [0.1, 0.15) is 3.57 Å². The van der Waals surface area contributed by atoms with Crippen molar-refractivity contribution in [3.05, 3.63) is 43.5 Å². The van der Waals surface area contributed by atoms with E-state index in [2.05, 4.69) is 15.3 Å². The third-order valence-corrected chi connectivity index (χ3v) is 3.37. The van der Waals surface area contributed by atoms with E-state index < -0.39 is 0 Å². The Kier molecular flexibility index (Phi) is 3.53. The summed E-state index contributed by atoms with van der Waals surface area (Å²) in [6, 6.07) is 5.06. The Morgan fingerprint density at radius 1 is 1.47 bits per heavy atom. The van der Waals surface area contributed by atoms with Crippen molar-refractivity contribution < 1.29 is 0 Å². The molecule has 0 aliphatic heterocycles. The second-order valence-corrected chi connectivity index (χ2v) is 4.74. The molecule has 0 saturated carbocycles. The maximum absolute atomic E-state index is 11.4. The minimum atomic E-state index is -0.205. The van der Waals surface area contributed by atoms with Crippen LogP contribution in [0.25, 0.3) is 0 Å². The fourth-order valence-electron chi connectivity index (χ4n) is 1.24. The van der Waals surface area contributed by atoms with Gasteiger partial charge in [0.25, 0.3) is 5.56 Å². The number of anilines is 3. The predicted octanol–water partition coefficient (Wildman–Crippen LogP) is 2.35. The van der Waals surface area contributed by atoms with Gasteiger partial charge in [-0.05, 0) is 40.8 Å². The molecule has 0 atom stereocenters. The Balaban J connectivity index is 2.41. The molecule has 0 saturated heterocycles. The number of benzene rings is 1. The lowest BCUT2D eigenvalue weighted by molar-refractivity contribution is 1.10. The lowest BCUT2D eigenvalue weighted by atomic mass is 10.3. The average molecular weight is 363 g/mol. The van der Waals surface area contributed by atoms with E-state index in [1.165, 1.54) is 6.33 Å². The van der Waals surface area contributed by atoms with Gasteiger partial charge in [-0.2, -0.15) is 0 Å². The van der Waals surface area contributed by atoms with Crippen molar-refractivity contribution >= 4 is 51.4 Å². The SMILES string of the molecule is Nc1ccc(Cl)c(Nc2nc[nH]c(=O)c2I)c1. The van der Waals surface area contributed by atoms with Crippen LogP contribution in [0.5, 0.6) is 0 Å². The Hall–Kier alpha value is -1.28. The number of aromatic nitrogens is 2. The summed E-state index contributed by atoms with van der Waals surface area (Å²) in [6.45, 7) is 0. The fourth-order valence-corrected chi connectivity index (χ4v) is 1.83. The van der Waals surface area contributed by atoms with Gasteiger partial charge in [-0.15, -0.1) is 0 Å². The van der Waals surface area contributed by atoms with Crippen LogP contribution in [0.4, 0.5) is 17.2 Å². The van der Waals surface area contributed by atoms with E-state index >= 15 is 0 Å². The van der Waals surface area contributed by atoms with Crippen LogP contribution in [-0.2, 0) is 0 Å². The van der Waals surface area contributed by atoms with Gasteiger partial charge >= 0.3 is 0 Å². The number of rotatable bonds is 2. The molecular weight excluding hydrogens is 354 g/mol. The number of nitrogen functional groups attached to an aromatic ring is 1. The maximum Gasteiger partial charge on any atom is 0.266 e. The van der Waals surface area contributed by atoms with Crippen molar-refractivity contribution in [3.63, 3.8) is 0 Å². The molecule has 7 heteroatoms. The second-order valence-electron chi connectivity index (χ2n) is 3.26. The lowest BCUT2D eigenvalue weighted by Crippen LogP contribution is -2.13. The molecule has 0 fully saturated rings. The first-order chi connectivity index (χ1) is 8.08. The highest BCUT2D eigenvalue weighted by Crippen LogP contribution is 2.27. The molecule has 0 aliphatic carbocycles. The molecule has 1 aromatic carbocycles. The molecule has 1 heterocycles. The van der Waals surface area contributed by atoms with Crippen LogP contribution >= 0.6 is 34.2 Å². The quantitative estimate of drug-likeness (QED) is 0.566. The van der Waals surface area contributed by atoms with E-state index in [4.69, 9.17) is 17.3 Å². The Bertz CT molecular complexity index is 613. The third kappa shape index (κ3) is 2.70. The summed E-state index contributed by atoms with van der Waals surface area (Å²) in [5.74, 6) is 0.446. The topological polar surface area (TPSA) is 83.8 Å². The van der Waals surface area contributed by atoms with E-state index in [-0.39, 0.29) is 5.56 Å². The van der Waals surface area contributed by atoms with Gasteiger partial charge in [-0.3, -0.25) is 4.79 Å². The molecule has 1 aromatic heterocycles. The van der Waals surface area contributed by atoms with Gasteiger partial charge in [0, 0.05) is 5.69 Å². The first-order valence-electron chi connectivity index (χ1n) is 4.63. The molecule has 17 heavy (non-hydrogen) atoms. The summed E-state index contributed by atoms with van der Waals surface area (Å²) in [5, 5.41) is 3.48. The highest BCUT2D eigenvalue weighted by Gasteiger charge is 2.07. The van der Waals surface area contributed by atoms with E-state index in [9.17, 15) is 4.79 Å². The zero-order valence-corrected chi connectivity index (χ0v) is 11.4. The molecule has 0 amide bonds. The molecule has 4 N–H and O–H groups in total. The van der Waals surface area contributed by atoms with Crippen molar-refractivity contribution in [1.29, 1.82) is 0 Å². The summed E-state index contributed by atoms with van der Waals surface area (Å²) in [6.07, 6.45) is 1.33. The Morgan fingerprint density at radius 2 is 2.24 bits per heavy atom. The summed E-state index contributed by atoms with van der Waals surface area (Å²) < 4.78 is 0.462. The number of halogens is 2. The average Bonchev–Trinajstić information content (AvgIpc) is 2.30. The van der Waals surface area contributed by atoms with Crippen molar-refractivity contribution in [3.8, 4) is 0 Å². The van der Waals surface area contributed by atoms with Crippen molar-refractivity contribution in [2.24, 2.45) is 0 Å². The number of hydrogen-bond acceptors (Lipinski definition) is 4. The Morgan fingerprint density at radius 3 is 3.00 bits per heavy atom. The van der Waals surface area contributed by atoms with Crippen molar-refractivity contribution in [2.45, 2.75) is 0 Å². The number of nitrogens with one attached hydrogen (secondary N) is 2. The summed E-state index contributed by atoms with van der Waals surface area (Å²) in [5.41, 5.74) is 6.65. The number of nitrogens with two attached hydrogens (primary N) is 1. The maximum atomic E-state index is 11.4. The van der Waals surface area contributed by atoms with Crippen LogP contribution in [-0.4, -0.2) is 9.97 Å². The number of aromatic amines is 1. The van der Waals surface area contributed by atoms with Gasteiger partial charge < -0.3 is 16.0 Å². The van der Waals surface area contributed by atoms with Gasteiger partial charge in [0.05, 0.1) is 17.0 Å². The first-order valence-corrected chi connectivity index (χ1v) is 6.09. The monoisotopic (exact) mass is 362 g/mol. The molecule has 0 bridgehead atoms. The molecule has 0 aliphatic rings. The van der Waals surface area contributed by atoms with E-state index in [0.717, 1.165) is 0 Å². The van der Waals surface area contributed by atoms with Crippen LogP contribution in [0.3, 0.4) is 0 Å². The highest BCUT2D eigenvalue weighted by molar-refractivity contribution is 14.1. The van der Waals surface area contributed by atoms with Crippen LogP contribution in [0.2, 0.25) is 5.02 Å². The summed E-state index contributed by atoms with van der Waals surface area (Å²) in [4.78, 5) is 17.9. The smallest absolute Gasteiger partial charge is 0.266 e. The molecular formula is C10H8ClIN4O. The normalized spacial score (nSPS) is 10.2. The van der Waals surface area contributed by atoms with Crippen molar-refractivity contribution in [1.82, 2.24) is 9.97 Å². The summed E-state index contributed by atoms with van der Waals surface area (Å²) in [7, 11) is 0. The molecule has 0 spiro atoms. The van der Waals surface area contributed by atoms with Gasteiger partial charge in [-0.25, -0.2) is 4.98 Å². The molecule has 0 radical (unpaired) electrons. The lowest BCUT2D eigenvalue weighted by Gasteiger charge is -2.09. The molecule has 2 rings (SSSR count). The minimum absolute atomic E-state index is 0.205. The Labute approximate surface area is 116 Å². The largest absolute Gasteiger partial charge is 0.399 e. The van der Waals surface area contributed by atoms with Crippen LogP contribution < -0.4 is 16.6 Å². The van der Waals surface area contributed by atoms with E-state index in [1.807, 2.05) is 22.6 Å². The standard InChI is InChI=1S/C10H8ClIN4O/c11-6-2-1-5(13)3-7(6)16-9-8(12)10(17)15-4-14-9/h1-4H,13H2,(H2,14,15,16,17). The number of H-pyrrole nitrogens is 1. The third-order valence-electron chi connectivity index (χ3n) is 2.04. The highest BCUT2D eigenvalue weighted by atomic mass is 127. The zero-order valence-electron chi connectivity index (χ0n) is 8.50. The molecule has 2 aromatic rings. The first kappa shape index (κ1) is 12.2. The van der Waals surface area contributed by atoms with Crippen LogP contribution in [0, 0.1) is 3.57 Å². The van der Waals surface area contributed by atoms with Crippen molar-refractivity contribution in [2.75, 3.05) is 11.1 Å². The van der Waals surface area contributed by atoms with Gasteiger partial charge in [0.15, 0.2) is 5.82 Å². The van der Waals surface area contributed by atoms with E-state index in [0.29, 0.717) is 25.8 Å². The molecule has 88 valence electrons. The van der Waals surface area contributed by atoms with Crippen LogP contribution in [0.1, 0.15) is 0 Å². The molecule has 5 nitrogen and oxygen atoms in total.